The van der Waals surface area contributed by atoms with Crippen molar-refractivity contribution in [2.24, 2.45) is 0 Å². The van der Waals surface area contributed by atoms with Crippen LogP contribution in [0.3, 0.4) is 0 Å². The Morgan fingerprint density at radius 1 is 1.24 bits per heavy atom. The summed E-state index contributed by atoms with van der Waals surface area (Å²) in [4.78, 5) is 26.2. The molecule has 0 aromatic heterocycles. The summed E-state index contributed by atoms with van der Waals surface area (Å²) in [6.45, 7) is 2.94. The Kier molecular flexibility index (Phi) is 5.27. The van der Waals surface area contributed by atoms with Crippen molar-refractivity contribution >= 4 is 17.3 Å². The number of carbonyl (C=O) groups is 1. The number of nitro benzene ring substituents is 1. The summed E-state index contributed by atoms with van der Waals surface area (Å²) in [6.07, 6.45) is 4.19. The Morgan fingerprint density at radius 2 is 1.86 bits per heavy atom. The van der Waals surface area contributed by atoms with Crippen LogP contribution in [0.15, 0.2) is 24.3 Å². The van der Waals surface area contributed by atoms with E-state index in [9.17, 15) is 14.9 Å². The highest BCUT2D eigenvalue weighted by atomic mass is 16.6. The van der Waals surface area contributed by atoms with Crippen LogP contribution in [0.5, 0.6) is 0 Å². The second-order valence-electron chi connectivity index (χ2n) is 5.38. The Morgan fingerprint density at radius 3 is 2.43 bits per heavy atom. The van der Waals surface area contributed by atoms with E-state index in [0.717, 1.165) is 19.6 Å². The van der Waals surface area contributed by atoms with Gasteiger partial charge in [0.1, 0.15) is 0 Å². The summed E-state index contributed by atoms with van der Waals surface area (Å²) in [5, 5.41) is 10.6. The van der Waals surface area contributed by atoms with Gasteiger partial charge in [-0.25, -0.2) is 0 Å². The van der Waals surface area contributed by atoms with Crippen LogP contribution in [0, 0.1) is 10.1 Å². The minimum Gasteiger partial charge on any atom is -0.315 e. The Hall–Kier alpha value is -1.95. The normalized spacial score (nSPS) is 15.7. The highest BCUT2D eigenvalue weighted by molar-refractivity contribution is 5.92. The molecule has 1 aromatic carbocycles. The molecule has 1 aliphatic rings. The molecule has 114 valence electrons. The van der Waals surface area contributed by atoms with E-state index in [1.807, 2.05) is 0 Å². The predicted molar refractivity (Wildman–Crippen MR) is 81.4 cm³/mol. The number of nitro groups is 1. The standard InChI is InChI=1S/C15H21N3O3/c1-16(13-5-7-14(8-6-13)18(20)21)15(19)9-12-17-10-3-2-4-11-17/h5-8H,2-4,9-12H2,1H3. The maximum Gasteiger partial charge on any atom is 0.269 e. The van der Waals surface area contributed by atoms with E-state index >= 15 is 0 Å². The number of hydrogen-bond acceptors (Lipinski definition) is 4. The lowest BCUT2D eigenvalue weighted by Crippen LogP contribution is -2.35. The number of rotatable bonds is 5. The minimum absolute atomic E-state index is 0.0351. The first-order chi connectivity index (χ1) is 10.1. The predicted octanol–water partition coefficient (Wildman–Crippen LogP) is 2.43. The largest absolute Gasteiger partial charge is 0.315 e. The average molecular weight is 291 g/mol. The van der Waals surface area contributed by atoms with Crippen molar-refractivity contribution in [3.05, 3.63) is 34.4 Å². The summed E-state index contributed by atoms with van der Waals surface area (Å²) in [5.74, 6) is 0.0365. The second-order valence-corrected chi connectivity index (χ2v) is 5.38. The number of amides is 1. The Labute approximate surface area is 124 Å². The van der Waals surface area contributed by atoms with E-state index in [0.29, 0.717) is 12.1 Å². The molecule has 1 heterocycles. The van der Waals surface area contributed by atoms with Gasteiger partial charge in [-0.1, -0.05) is 6.42 Å². The first kappa shape index (κ1) is 15.4. The summed E-state index contributed by atoms with van der Waals surface area (Å²) in [5.41, 5.74) is 0.720. The van der Waals surface area contributed by atoms with Crippen molar-refractivity contribution in [3.63, 3.8) is 0 Å². The minimum atomic E-state index is -0.443. The van der Waals surface area contributed by atoms with Crippen LogP contribution in [0.2, 0.25) is 0 Å². The number of likely N-dealkylation sites (tertiary alicyclic amines) is 1. The van der Waals surface area contributed by atoms with Crippen LogP contribution >= 0.6 is 0 Å². The maximum atomic E-state index is 12.2. The van der Waals surface area contributed by atoms with Gasteiger partial charge in [-0.3, -0.25) is 14.9 Å². The van der Waals surface area contributed by atoms with Gasteiger partial charge in [0.05, 0.1) is 4.92 Å². The van der Waals surface area contributed by atoms with Crippen LogP contribution in [-0.4, -0.2) is 42.4 Å². The zero-order chi connectivity index (χ0) is 15.2. The van der Waals surface area contributed by atoms with Crippen LogP contribution in [0.1, 0.15) is 25.7 Å². The molecule has 0 saturated carbocycles. The van der Waals surface area contributed by atoms with E-state index in [4.69, 9.17) is 0 Å². The Bertz CT molecular complexity index is 495. The molecule has 6 heteroatoms. The lowest BCUT2D eigenvalue weighted by Gasteiger charge is -2.27. The third kappa shape index (κ3) is 4.26. The van der Waals surface area contributed by atoms with Gasteiger partial charge in [-0.2, -0.15) is 0 Å². The van der Waals surface area contributed by atoms with Gasteiger partial charge in [0.2, 0.25) is 5.91 Å². The lowest BCUT2D eigenvalue weighted by atomic mass is 10.1. The molecular weight excluding hydrogens is 270 g/mol. The fourth-order valence-corrected chi connectivity index (χ4v) is 2.55. The van der Waals surface area contributed by atoms with Crippen molar-refractivity contribution in [2.45, 2.75) is 25.7 Å². The number of non-ortho nitro benzene ring substituents is 1. The van der Waals surface area contributed by atoms with Crippen LogP contribution in [0.25, 0.3) is 0 Å². The topological polar surface area (TPSA) is 66.7 Å². The van der Waals surface area contributed by atoms with Crippen molar-refractivity contribution in [2.75, 3.05) is 31.6 Å². The third-order valence-corrected chi connectivity index (χ3v) is 3.91. The van der Waals surface area contributed by atoms with E-state index in [2.05, 4.69) is 4.90 Å². The monoisotopic (exact) mass is 291 g/mol. The molecule has 0 bridgehead atoms. The Balaban J connectivity index is 1.87. The molecule has 0 N–H and O–H groups in total. The van der Waals surface area contributed by atoms with Gasteiger partial charge in [0.15, 0.2) is 0 Å². The van der Waals surface area contributed by atoms with E-state index in [1.165, 1.54) is 31.4 Å². The van der Waals surface area contributed by atoms with E-state index in [-0.39, 0.29) is 11.6 Å². The van der Waals surface area contributed by atoms with Crippen molar-refractivity contribution in [3.8, 4) is 0 Å². The quantitative estimate of drug-likeness (QED) is 0.617. The van der Waals surface area contributed by atoms with Crippen molar-refractivity contribution in [1.82, 2.24) is 4.90 Å². The third-order valence-electron chi connectivity index (χ3n) is 3.91. The zero-order valence-electron chi connectivity index (χ0n) is 12.3. The molecule has 0 spiro atoms. The van der Waals surface area contributed by atoms with Crippen molar-refractivity contribution in [1.29, 1.82) is 0 Å². The number of nitrogens with zero attached hydrogens (tertiary/aromatic N) is 3. The number of benzene rings is 1. The van der Waals surface area contributed by atoms with Gasteiger partial charge < -0.3 is 9.80 Å². The molecule has 0 unspecified atom stereocenters. The average Bonchev–Trinajstić information content (AvgIpc) is 2.53. The summed E-state index contributed by atoms with van der Waals surface area (Å²) >= 11 is 0. The molecule has 1 aliphatic heterocycles. The molecule has 0 aliphatic carbocycles. The smallest absolute Gasteiger partial charge is 0.269 e. The first-order valence-electron chi connectivity index (χ1n) is 7.31. The first-order valence-corrected chi connectivity index (χ1v) is 7.31. The molecule has 21 heavy (non-hydrogen) atoms. The molecule has 1 fully saturated rings. The fourth-order valence-electron chi connectivity index (χ4n) is 2.55. The highest BCUT2D eigenvalue weighted by Crippen LogP contribution is 2.19. The zero-order valence-corrected chi connectivity index (χ0v) is 12.3. The second kappa shape index (κ2) is 7.17. The SMILES string of the molecule is CN(C(=O)CCN1CCCCC1)c1ccc([N+](=O)[O-])cc1. The van der Waals surface area contributed by atoms with E-state index < -0.39 is 4.92 Å². The van der Waals surface area contributed by atoms with Gasteiger partial charge in [0.25, 0.3) is 5.69 Å². The van der Waals surface area contributed by atoms with Gasteiger partial charge >= 0.3 is 0 Å². The molecule has 6 nitrogen and oxygen atoms in total. The van der Waals surface area contributed by atoms with Gasteiger partial charge in [-0.15, -0.1) is 0 Å². The summed E-state index contributed by atoms with van der Waals surface area (Å²) in [6, 6.07) is 6.06. The summed E-state index contributed by atoms with van der Waals surface area (Å²) in [7, 11) is 1.71. The number of piperidine rings is 1. The molecule has 0 radical (unpaired) electrons. The van der Waals surface area contributed by atoms with E-state index in [1.54, 1.807) is 24.1 Å². The van der Waals surface area contributed by atoms with Crippen LogP contribution in [0.4, 0.5) is 11.4 Å². The number of anilines is 1. The molecular formula is C15H21N3O3. The molecule has 1 aromatic rings. The molecule has 1 saturated heterocycles. The summed E-state index contributed by atoms with van der Waals surface area (Å²) < 4.78 is 0. The van der Waals surface area contributed by atoms with Crippen LogP contribution in [-0.2, 0) is 4.79 Å². The lowest BCUT2D eigenvalue weighted by molar-refractivity contribution is -0.384. The van der Waals surface area contributed by atoms with Crippen LogP contribution < -0.4 is 4.90 Å². The van der Waals surface area contributed by atoms with Gasteiger partial charge in [-0.05, 0) is 38.1 Å². The molecule has 2 rings (SSSR count). The fraction of sp³-hybridized carbons (Fsp3) is 0.533. The highest BCUT2D eigenvalue weighted by Gasteiger charge is 2.15. The van der Waals surface area contributed by atoms with Gasteiger partial charge in [0, 0.05) is 37.8 Å². The molecule has 1 amide bonds. The number of carbonyl (C=O) groups excluding carboxylic acids is 1. The maximum absolute atomic E-state index is 12.2. The number of hydrogen-bond donors (Lipinski definition) is 0. The molecule has 0 atom stereocenters. The van der Waals surface area contributed by atoms with Crippen molar-refractivity contribution < 1.29 is 9.72 Å².